The molecule has 0 saturated carbocycles. The van der Waals surface area contributed by atoms with Crippen molar-refractivity contribution in [2.24, 2.45) is 0 Å². The summed E-state index contributed by atoms with van der Waals surface area (Å²) in [6, 6.07) is 10.6. The molecule has 3 rings (SSSR count). The molecule has 1 amide bonds. The summed E-state index contributed by atoms with van der Waals surface area (Å²) in [6.07, 6.45) is 0.234. The molecule has 7 heteroatoms. The minimum Gasteiger partial charge on any atom is -0.493 e. The van der Waals surface area contributed by atoms with Crippen molar-refractivity contribution in [2.75, 3.05) is 13.2 Å². The molecule has 1 unspecified atom stereocenters. The van der Waals surface area contributed by atoms with E-state index in [1.54, 1.807) is 6.07 Å². The van der Waals surface area contributed by atoms with Crippen molar-refractivity contribution in [3.05, 3.63) is 65.2 Å². The molecule has 2 aromatic rings. The number of rotatable bonds is 6. The second-order valence-corrected chi connectivity index (χ2v) is 6.38. The molecule has 0 fully saturated rings. The number of benzene rings is 2. The number of carbonyl (C=O) groups is 2. The lowest BCUT2D eigenvalue weighted by molar-refractivity contribution is -0.139. The van der Waals surface area contributed by atoms with Crippen molar-refractivity contribution in [3.8, 4) is 5.75 Å². The highest BCUT2D eigenvalue weighted by Crippen LogP contribution is 2.35. The molecule has 1 atom stereocenters. The first kappa shape index (κ1) is 18.8. The highest BCUT2D eigenvalue weighted by atomic mass is 19.2. The number of carboxylic acid groups (broad SMARTS) is 1. The number of para-hydroxylation sites is 1. The summed E-state index contributed by atoms with van der Waals surface area (Å²) in [4.78, 5) is 25.5. The SMILES string of the molecule is O=C(O)CCN(Cc1ccc(F)c(F)c1)C(=O)C1CCOc2ccccc21. The molecular weight excluding hydrogens is 356 g/mol. The van der Waals surface area contributed by atoms with E-state index < -0.39 is 23.5 Å². The molecule has 1 aliphatic heterocycles. The molecule has 0 spiro atoms. The van der Waals surface area contributed by atoms with Gasteiger partial charge in [0, 0.05) is 18.7 Å². The van der Waals surface area contributed by atoms with Gasteiger partial charge in [0.1, 0.15) is 5.75 Å². The molecule has 0 aromatic heterocycles. The first-order valence-electron chi connectivity index (χ1n) is 8.62. The Hall–Kier alpha value is -2.96. The lowest BCUT2D eigenvalue weighted by Gasteiger charge is -2.31. The largest absolute Gasteiger partial charge is 0.493 e. The Morgan fingerprint density at radius 2 is 1.93 bits per heavy atom. The fourth-order valence-corrected chi connectivity index (χ4v) is 3.18. The van der Waals surface area contributed by atoms with Gasteiger partial charge >= 0.3 is 5.97 Å². The third-order valence-electron chi connectivity index (χ3n) is 4.52. The predicted octanol–water partition coefficient (Wildman–Crippen LogP) is 3.33. The zero-order chi connectivity index (χ0) is 19.4. The number of carbonyl (C=O) groups excluding carboxylic acids is 1. The van der Waals surface area contributed by atoms with E-state index in [0.29, 0.717) is 24.3 Å². The van der Waals surface area contributed by atoms with Crippen LogP contribution in [0.25, 0.3) is 0 Å². The molecule has 1 N–H and O–H groups in total. The predicted molar refractivity (Wildman–Crippen MR) is 93.3 cm³/mol. The van der Waals surface area contributed by atoms with Gasteiger partial charge in [-0.25, -0.2) is 8.78 Å². The Morgan fingerprint density at radius 3 is 2.67 bits per heavy atom. The number of carboxylic acids is 1. The van der Waals surface area contributed by atoms with E-state index in [0.717, 1.165) is 17.7 Å². The summed E-state index contributed by atoms with van der Waals surface area (Å²) in [5.74, 6) is -3.10. The van der Waals surface area contributed by atoms with Gasteiger partial charge in [-0.3, -0.25) is 9.59 Å². The van der Waals surface area contributed by atoms with Crippen LogP contribution in [-0.4, -0.2) is 35.0 Å². The second-order valence-electron chi connectivity index (χ2n) is 6.38. The van der Waals surface area contributed by atoms with Crippen LogP contribution >= 0.6 is 0 Å². The highest BCUT2D eigenvalue weighted by Gasteiger charge is 2.31. The van der Waals surface area contributed by atoms with Crippen LogP contribution < -0.4 is 4.74 Å². The normalized spacial score (nSPS) is 15.6. The molecule has 1 aliphatic rings. The first-order valence-corrected chi connectivity index (χ1v) is 8.62. The van der Waals surface area contributed by atoms with Gasteiger partial charge in [-0.15, -0.1) is 0 Å². The van der Waals surface area contributed by atoms with Gasteiger partial charge in [0.05, 0.1) is 18.9 Å². The van der Waals surface area contributed by atoms with Crippen molar-refractivity contribution >= 4 is 11.9 Å². The maximum atomic E-state index is 13.5. The van der Waals surface area contributed by atoms with E-state index in [1.807, 2.05) is 18.2 Å². The Balaban J connectivity index is 1.85. The van der Waals surface area contributed by atoms with E-state index in [4.69, 9.17) is 9.84 Å². The van der Waals surface area contributed by atoms with Gasteiger partial charge in [-0.05, 0) is 30.2 Å². The fourth-order valence-electron chi connectivity index (χ4n) is 3.18. The van der Waals surface area contributed by atoms with Gasteiger partial charge in [0.15, 0.2) is 11.6 Å². The molecule has 27 heavy (non-hydrogen) atoms. The molecule has 2 aromatic carbocycles. The summed E-state index contributed by atoms with van der Waals surface area (Å²) >= 11 is 0. The second kappa shape index (κ2) is 8.16. The number of hydrogen-bond donors (Lipinski definition) is 1. The summed E-state index contributed by atoms with van der Waals surface area (Å²) < 4.78 is 32.2. The summed E-state index contributed by atoms with van der Waals surface area (Å²) in [6.45, 7) is 0.362. The summed E-state index contributed by atoms with van der Waals surface area (Å²) in [5.41, 5.74) is 1.15. The summed E-state index contributed by atoms with van der Waals surface area (Å²) in [7, 11) is 0. The Kier molecular flexibility index (Phi) is 5.69. The van der Waals surface area contributed by atoms with E-state index >= 15 is 0 Å². The molecule has 0 saturated heterocycles. The fraction of sp³-hybridized carbons (Fsp3) is 0.300. The number of fused-ring (bicyclic) bond motifs is 1. The van der Waals surface area contributed by atoms with E-state index in [2.05, 4.69) is 0 Å². The zero-order valence-corrected chi connectivity index (χ0v) is 14.5. The number of amides is 1. The van der Waals surface area contributed by atoms with Gasteiger partial charge in [-0.1, -0.05) is 24.3 Å². The van der Waals surface area contributed by atoms with Crippen molar-refractivity contribution in [2.45, 2.75) is 25.3 Å². The van der Waals surface area contributed by atoms with Gasteiger partial charge in [0.25, 0.3) is 0 Å². The molecule has 0 radical (unpaired) electrons. The molecule has 0 bridgehead atoms. The van der Waals surface area contributed by atoms with Gasteiger partial charge < -0.3 is 14.7 Å². The third-order valence-corrected chi connectivity index (χ3v) is 4.52. The molecule has 1 heterocycles. The summed E-state index contributed by atoms with van der Waals surface area (Å²) in [5, 5.41) is 8.99. The zero-order valence-electron chi connectivity index (χ0n) is 14.5. The van der Waals surface area contributed by atoms with Crippen LogP contribution in [0.4, 0.5) is 8.78 Å². The lowest BCUT2D eigenvalue weighted by Crippen LogP contribution is -2.38. The van der Waals surface area contributed by atoms with E-state index in [9.17, 15) is 18.4 Å². The van der Waals surface area contributed by atoms with Crippen LogP contribution in [0.1, 0.15) is 29.9 Å². The lowest BCUT2D eigenvalue weighted by atomic mass is 9.91. The van der Waals surface area contributed by atoms with Gasteiger partial charge in [0.2, 0.25) is 5.91 Å². The number of nitrogens with zero attached hydrogens (tertiary/aromatic N) is 1. The van der Waals surface area contributed by atoms with E-state index in [-0.39, 0.29) is 25.4 Å². The molecular formula is C20H19F2NO4. The molecule has 5 nitrogen and oxygen atoms in total. The molecule has 0 aliphatic carbocycles. The Labute approximate surface area is 155 Å². The maximum absolute atomic E-state index is 13.5. The van der Waals surface area contributed by atoms with Crippen LogP contribution in [0.2, 0.25) is 0 Å². The quantitative estimate of drug-likeness (QED) is 0.841. The van der Waals surface area contributed by atoms with E-state index in [1.165, 1.54) is 11.0 Å². The number of hydrogen-bond acceptors (Lipinski definition) is 3. The number of aliphatic carboxylic acids is 1. The third kappa shape index (κ3) is 4.42. The van der Waals surface area contributed by atoms with Crippen LogP contribution in [0.5, 0.6) is 5.75 Å². The van der Waals surface area contributed by atoms with Crippen LogP contribution in [0.3, 0.4) is 0 Å². The first-order chi connectivity index (χ1) is 13.0. The average Bonchev–Trinajstić information content (AvgIpc) is 2.66. The standard InChI is InChI=1S/C20H19F2NO4/c21-16-6-5-13(11-17(16)22)12-23(9-7-19(24)25)20(26)15-8-10-27-18-4-2-1-3-14(15)18/h1-6,11,15H,7-10,12H2,(H,24,25). The highest BCUT2D eigenvalue weighted by molar-refractivity contribution is 5.85. The van der Waals surface area contributed by atoms with Crippen LogP contribution in [0.15, 0.2) is 42.5 Å². The number of halogens is 2. The van der Waals surface area contributed by atoms with Crippen LogP contribution in [-0.2, 0) is 16.1 Å². The minimum atomic E-state index is -1.04. The van der Waals surface area contributed by atoms with Crippen LogP contribution in [0, 0.1) is 11.6 Å². The Morgan fingerprint density at radius 1 is 1.15 bits per heavy atom. The topological polar surface area (TPSA) is 66.8 Å². The number of ether oxygens (including phenoxy) is 1. The average molecular weight is 375 g/mol. The van der Waals surface area contributed by atoms with Crippen molar-refractivity contribution in [1.82, 2.24) is 4.90 Å². The van der Waals surface area contributed by atoms with Crippen molar-refractivity contribution < 1.29 is 28.2 Å². The molecule has 142 valence electrons. The monoisotopic (exact) mass is 375 g/mol. The minimum absolute atomic E-state index is 0.00281. The van der Waals surface area contributed by atoms with Gasteiger partial charge in [-0.2, -0.15) is 0 Å². The maximum Gasteiger partial charge on any atom is 0.305 e. The van der Waals surface area contributed by atoms with Crippen molar-refractivity contribution in [1.29, 1.82) is 0 Å². The smallest absolute Gasteiger partial charge is 0.305 e. The Bertz CT molecular complexity index is 856. The van der Waals surface area contributed by atoms with Crippen molar-refractivity contribution in [3.63, 3.8) is 0 Å².